The van der Waals surface area contributed by atoms with Crippen LogP contribution in [0.1, 0.15) is 52.5 Å². The molecule has 36 heavy (non-hydrogen) atoms. The van der Waals surface area contributed by atoms with E-state index in [-0.39, 0.29) is 28.1 Å². The molecule has 3 aromatic rings. The SMILES string of the molecule is CC(C)(C)/C=C(\C#N)C(=O)N1CCC[C@@H](Nc2nc(Nc3cnn(C4CC4)c3)nc3[nH]nc(Cl)c23)C1. The molecular formula is C24H29ClN10O. The second-order valence-corrected chi connectivity index (χ2v) is 10.8. The molecule has 1 aliphatic carbocycles. The van der Waals surface area contributed by atoms with Crippen LogP contribution in [0.25, 0.3) is 11.0 Å². The number of rotatable bonds is 6. The predicted molar refractivity (Wildman–Crippen MR) is 137 cm³/mol. The molecule has 1 amide bonds. The van der Waals surface area contributed by atoms with Crippen molar-refractivity contribution in [3.05, 3.63) is 29.2 Å². The lowest BCUT2D eigenvalue weighted by molar-refractivity contribution is -0.127. The van der Waals surface area contributed by atoms with Crippen molar-refractivity contribution in [2.45, 2.75) is 58.5 Å². The summed E-state index contributed by atoms with van der Waals surface area (Å²) in [5, 5.41) is 28.4. The molecule has 12 heteroatoms. The number of nitrogens with zero attached hydrogens (tertiary/aromatic N) is 7. The summed E-state index contributed by atoms with van der Waals surface area (Å²) in [6, 6.07) is 2.47. The molecule has 0 spiro atoms. The first kappa shape index (κ1) is 24.1. The number of amides is 1. The second kappa shape index (κ2) is 9.43. The van der Waals surface area contributed by atoms with Gasteiger partial charge in [0.1, 0.15) is 22.8 Å². The highest BCUT2D eigenvalue weighted by atomic mass is 35.5. The van der Waals surface area contributed by atoms with E-state index < -0.39 is 0 Å². The van der Waals surface area contributed by atoms with Crippen LogP contribution in [0.4, 0.5) is 17.5 Å². The van der Waals surface area contributed by atoms with Crippen LogP contribution in [0.2, 0.25) is 5.15 Å². The molecule has 2 aliphatic rings. The van der Waals surface area contributed by atoms with E-state index in [4.69, 9.17) is 11.6 Å². The zero-order chi connectivity index (χ0) is 25.4. The zero-order valence-corrected chi connectivity index (χ0v) is 21.3. The first-order valence-electron chi connectivity index (χ1n) is 12.1. The van der Waals surface area contributed by atoms with Crippen LogP contribution in [0.5, 0.6) is 0 Å². The topological polar surface area (TPSA) is 140 Å². The quantitative estimate of drug-likeness (QED) is 0.332. The molecule has 5 rings (SSSR count). The summed E-state index contributed by atoms with van der Waals surface area (Å²) in [7, 11) is 0. The van der Waals surface area contributed by atoms with Gasteiger partial charge in [-0.05, 0) is 31.1 Å². The van der Waals surface area contributed by atoms with Crippen molar-refractivity contribution in [3.63, 3.8) is 0 Å². The Morgan fingerprint density at radius 2 is 2.11 bits per heavy atom. The Hall–Kier alpha value is -3.65. The molecular weight excluding hydrogens is 480 g/mol. The van der Waals surface area contributed by atoms with Gasteiger partial charge in [-0.25, -0.2) is 0 Å². The van der Waals surface area contributed by atoms with E-state index in [1.54, 1.807) is 17.2 Å². The van der Waals surface area contributed by atoms with Gasteiger partial charge in [-0.1, -0.05) is 38.4 Å². The van der Waals surface area contributed by atoms with Crippen LogP contribution >= 0.6 is 11.6 Å². The van der Waals surface area contributed by atoms with Gasteiger partial charge in [0.25, 0.3) is 5.91 Å². The minimum atomic E-state index is -0.267. The number of hydrogen-bond donors (Lipinski definition) is 3. The minimum Gasteiger partial charge on any atom is -0.365 e. The van der Waals surface area contributed by atoms with Gasteiger partial charge >= 0.3 is 0 Å². The van der Waals surface area contributed by atoms with Gasteiger partial charge in [0.2, 0.25) is 5.95 Å². The molecule has 2 fully saturated rings. The molecule has 1 aliphatic heterocycles. The average molecular weight is 509 g/mol. The third-order valence-corrected chi connectivity index (χ3v) is 6.41. The molecule has 0 bridgehead atoms. The molecule has 1 saturated carbocycles. The van der Waals surface area contributed by atoms with E-state index in [0.29, 0.717) is 41.9 Å². The van der Waals surface area contributed by atoms with Crippen LogP contribution < -0.4 is 10.6 Å². The minimum absolute atomic E-state index is 0.0770. The largest absolute Gasteiger partial charge is 0.365 e. The highest BCUT2D eigenvalue weighted by molar-refractivity contribution is 6.35. The summed E-state index contributed by atoms with van der Waals surface area (Å²) in [6.07, 6.45) is 9.36. The standard InChI is InChI=1S/C24H29ClN10O/c1-24(2,3)9-14(10-26)22(36)34-8-4-5-15(12-34)28-20-18-19(25)32-33-21(18)31-23(30-20)29-16-11-27-35(13-16)17-6-7-17/h9,11,13,15,17H,4-8,12H2,1-3H3,(H3,28,29,30,31,32,33)/b14-9+/t15-/m1/s1. The smallest absolute Gasteiger partial charge is 0.264 e. The van der Waals surface area contributed by atoms with Crippen LogP contribution in [0, 0.1) is 16.7 Å². The maximum absolute atomic E-state index is 13.1. The first-order chi connectivity index (χ1) is 17.2. The third-order valence-electron chi connectivity index (χ3n) is 6.13. The lowest BCUT2D eigenvalue weighted by Gasteiger charge is -2.33. The van der Waals surface area contributed by atoms with E-state index in [0.717, 1.165) is 31.4 Å². The number of hydrogen-bond acceptors (Lipinski definition) is 8. The number of carbonyl (C=O) groups is 1. The number of aromatic amines is 1. The lowest BCUT2D eigenvalue weighted by atomic mass is 9.93. The van der Waals surface area contributed by atoms with Gasteiger partial charge in [0.15, 0.2) is 10.8 Å². The molecule has 0 aromatic carbocycles. The monoisotopic (exact) mass is 508 g/mol. The summed E-state index contributed by atoms with van der Waals surface area (Å²) >= 11 is 6.35. The number of fused-ring (bicyclic) bond motifs is 1. The normalized spacial score (nSPS) is 18.8. The van der Waals surface area contributed by atoms with Crippen molar-refractivity contribution in [3.8, 4) is 6.07 Å². The lowest BCUT2D eigenvalue weighted by Crippen LogP contribution is -2.45. The van der Waals surface area contributed by atoms with Crippen molar-refractivity contribution < 1.29 is 4.79 Å². The molecule has 1 atom stereocenters. The Bertz CT molecular complexity index is 1360. The van der Waals surface area contributed by atoms with Crippen molar-refractivity contribution >= 4 is 46.0 Å². The van der Waals surface area contributed by atoms with Crippen molar-refractivity contribution in [1.82, 2.24) is 34.8 Å². The van der Waals surface area contributed by atoms with E-state index in [1.165, 1.54) is 0 Å². The third kappa shape index (κ3) is 5.28. The number of piperidine rings is 1. The van der Waals surface area contributed by atoms with Crippen LogP contribution in [0.15, 0.2) is 24.0 Å². The summed E-state index contributed by atoms with van der Waals surface area (Å²) in [5.74, 6) is 0.660. The van der Waals surface area contributed by atoms with Gasteiger partial charge < -0.3 is 15.5 Å². The van der Waals surface area contributed by atoms with E-state index in [2.05, 4.69) is 42.0 Å². The highest BCUT2D eigenvalue weighted by Crippen LogP contribution is 2.35. The van der Waals surface area contributed by atoms with Gasteiger partial charge in [-0.15, -0.1) is 0 Å². The molecule has 11 nitrogen and oxygen atoms in total. The average Bonchev–Trinajstić information content (AvgIpc) is 3.47. The van der Waals surface area contributed by atoms with Gasteiger partial charge in [0.05, 0.1) is 17.9 Å². The number of likely N-dealkylation sites (tertiary alicyclic amines) is 1. The molecule has 4 heterocycles. The summed E-state index contributed by atoms with van der Waals surface area (Å²) < 4.78 is 1.95. The Balaban J connectivity index is 1.36. The van der Waals surface area contributed by atoms with Crippen LogP contribution in [-0.4, -0.2) is 59.9 Å². The maximum atomic E-state index is 13.1. The first-order valence-corrected chi connectivity index (χ1v) is 12.5. The van der Waals surface area contributed by atoms with Crippen molar-refractivity contribution in [2.24, 2.45) is 5.41 Å². The van der Waals surface area contributed by atoms with E-state index >= 15 is 0 Å². The Morgan fingerprint density at radius 3 is 2.83 bits per heavy atom. The molecule has 0 unspecified atom stereocenters. The van der Waals surface area contributed by atoms with Gasteiger partial charge in [-0.3, -0.25) is 14.6 Å². The van der Waals surface area contributed by atoms with Gasteiger partial charge in [-0.2, -0.15) is 25.4 Å². The fourth-order valence-electron chi connectivity index (χ4n) is 4.34. The Kier molecular flexibility index (Phi) is 6.30. The predicted octanol–water partition coefficient (Wildman–Crippen LogP) is 4.18. The number of H-pyrrole nitrogens is 1. The molecule has 1 saturated heterocycles. The number of anilines is 3. The maximum Gasteiger partial charge on any atom is 0.264 e. The van der Waals surface area contributed by atoms with Gasteiger partial charge in [0, 0.05) is 25.3 Å². The number of halogens is 1. The van der Waals surface area contributed by atoms with Crippen LogP contribution in [0.3, 0.4) is 0 Å². The Morgan fingerprint density at radius 1 is 1.31 bits per heavy atom. The summed E-state index contributed by atoms with van der Waals surface area (Å²) in [6.45, 7) is 6.95. The molecule has 0 radical (unpaired) electrons. The fourth-order valence-corrected chi connectivity index (χ4v) is 4.57. The van der Waals surface area contributed by atoms with Crippen LogP contribution in [-0.2, 0) is 4.79 Å². The molecule has 3 N–H and O–H groups in total. The molecule has 188 valence electrons. The fraction of sp³-hybridized carbons (Fsp3) is 0.500. The second-order valence-electron chi connectivity index (χ2n) is 10.5. The van der Waals surface area contributed by atoms with Crippen molar-refractivity contribution in [2.75, 3.05) is 23.7 Å². The van der Waals surface area contributed by atoms with E-state index in [1.807, 2.05) is 31.6 Å². The van der Waals surface area contributed by atoms with E-state index in [9.17, 15) is 10.1 Å². The number of nitriles is 1. The number of carbonyl (C=O) groups excluding carboxylic acids is 1. The van der Waals surface area contributed by atoms with Crippen molar-refractivity contribution in [1.29, 1.82) is 5.26 Å². The molecule has 3 aromatic heterocycles. The summed E-state index contributed by atoms with van der Waals surface area (Å²) in [5.41, 5.74) is 1.20. The number of allylic oxidation sites excluding steroid dienone is 1. The Labute approximate surface area is 213 Å². The highest BCUT2D eigenvalue weighted by Gasteiger charge is 2.28. The summed E-state index contributed by atoms with van der Waals surface area (Å²) in [4.78, 5) is 24.0. The zero-order valence-electron chi connectivity index (χ0n) is 20.5. The number of nitrogens with one attached hydrogen (secondary N) is 3. The number of aromatic nitrogens is 6.